The summed E-state index contributed by atoms with van der Waals surface area (Å²) >= 11 is 0. The van der Waals surface area contributed by atoms with E-state index in [9.17, 15) is 4.79 Å². The van der Waals surface area contributed by atoms with Crippen molar-refractivity contribution in [2.45, 2.75) is 31.8 Å². The van der Waals surface area contributed by atoms with Gasteiger partial charge in [0.15, 0.2) is 11.5 Å². The summed E-state index contributed by atoms with van der Waals surface area (Å²) in [5.74, 6) is 1.89. The van der Waals surface area contributed by atoms with E-state index in [2.05, 4.69) is 33.4 Å². The molecular weight excluding hydrogens is 430 g/mol. The number of pyridine rings is 1. The lowest BCUT2D eigenvalue weighted by Gasteiger charge is -2.36. The molecule has 2 aliphatic heterocycles. The number of amides is 1. The van der Waals surface area contributed by atoms with Crippen LogP contribution in [0.2, 0.25) is 0 Å². The zero-order valence-electron chi connectivity index (χ0n) is 19.1. The van der Waals surface area contributed by atoms with Crippen molar-refractivity contribution in [3.05, 3.63) is 83.7 Å². The SMILES string of the molecule is O=C(NCCOc1ccc(CN2CCCC[C@H]2c2cccnc2)cc1)c1ccc2c(c1)OCO2. The molecule has 34 heavy (non-hydrogen) atoms. The molecule has 1 amide bonds. The summed E-state index contributed by atoms with van der Waals surface area (Å²) in [5, 5.41) is 2.87. The number of benzene rings is 2. The minimum absolute atomic E-state index is 0.165. The lowest BCUT2D eigenvalue weighted by atomic mass is 9.96. The number of carbonyl (C=O) groups excluding carboxylic acids is 1. The lowest BCUT2D eigenvalue weighted by Crippen LogP contribution is -2.32. The first-order valence-corrected chi connectivity index (χ1v) is 11.8. The Morgan fingerprint density at radius 1 is 1.09 bits per heavy atom. The zero-order chi connectivity index (χ0) is 23.2. The predicted octanol–water partition coefficient (Wildman–Crippen LogP) is 4.35. The molecule has 3 heterocycles. The number of rotatable bonds is 8. The van der Waals surface area contributed by atoms with Crippen LogP contribution in [-0.2, 0) is 6.54 Å². The molecule has 1 saturated heterocycles. The molecule has 0 radical (unpaired) electrons. The number of likely N-dealkylation sites (tertiary alicyclic amines) is 1. The van der Waals surface area contributed by atoms with E-state index in [1.165, 1.54) is 30.4 Å². The van der Waals surface area contributed by atoms with Crippen LogP contribution in [0.1, 0.15) is 46.8 Å². The maximum atomic E-state index is 12.3. The molecule has 1 fully saturated rings. The predicted molar refractivity (Wildman–Crippen MR) is 128 cm³/mol. The van der Waals surface area contributed by atoms with E-state index in [-0.39, 0.29) is 12.7 Å². The summed E-state index contributed by atoms with van der Waals surface area (Å²) in [7, 11) is 0. The fraction of sp³-hybridized carbons (Fsp3) is 0.333. The van der Waals surface area contributed by atoms with Crippen molar-refractivity contribution in [3.8, 4) is 17.2 Å². The number of hydrogen-bond acceptors (Lipinski definition) is 6. The standard InChI is InChI=1S/C27H29N3O4/c31-27(21-8-11-25-26(16-21)34-19-33-25)29-13-15-32-23-9-6-20(7-10-23)18-30-14-2-1-5-24(30)22-4-3-12-28-17-22/h3-4,6-12,16-17,24H,1-2,5,13-15,18-19H2,(H,29,31)/t24-/m0/s1. The van der Waals surface area contributed by atoms with Gasteiger partial charge in [-0.3, -0.25) is 14.7 Å². The molecule has 0 spiro atoms. The van der Waals surface area contributed by atoms with E-state index in [0.717, 1.165) is 18.8 Å². The largest absolute Gasteiger partial charge is 0.492 e. The second-order valence-corrected chi connectivity index (χ2v) is 8.58. The van der Waals surface area contributed by atoms with Crippen LogP contribution in [0.3, 0.4) is 0 Å². The van der Waals surface area contributed by atoms with Gasteiger partial charge in [-0.15, -0.1) is 0 Å². The Labute approximate surface area is 199 Å². The van der Waals surface area contributed by atoms with Crippen LogP contribution in [0.15, 0.2) is 67.0 Å². The van der Waals surface area contributed by atoms with E-state index in [4.69, 9.17) is 14.2 Å². The van der Waals surface area contributed by atoms with Gasteiger partial charge >= 0.3 is 0 Å². The van der Waals surface area contributed by atoms with Gasteiger partial charge in [-0.25, -0.2) is 0 Å². The van der Waals surface area contributed by atoms with E-state index in [1.807, 2.05) is 30.6 Å². The monoisotopic (exact) mass is 459 g/mol. The summed E-state index contributed by atoms with van der Waals surface area (Å²) in [6.45, 7) is 3.00. The molecule has 176 valence electrons. The topological polar surface area (TPSA) is 72.9 Å². The summed E-state index contributed by atoms with van der Waals surface area (Å²) in [6.07, 6.45) is 7.48. The lowest BCUT2D eigenvalue weighted by molar-refractivity contribution is 0.0946. The van der Waals surface area contributed by atoms with Crippen LogP contribution in [0.4, 0.5) is 0 Å². The Morgan fingerprint density at radius 2 is 1.97 bits per heavy atom. The van der Waals surface area contributed by atoms with Crippen LogP contribution in [0.25, 0.3) is 0 Å². The first-order chi connectivity index (χ1) is 16.8. The minimum atomic E-state index is -0.165. The first kappa shape index (κ1) is 22.2. The number of ether oxygens (including phenoxy) is 3. The maximum absolute atomic E-state index is 12.3. The number of aromatic nitrogens is 1. The molecule has 7 heteroatoms. The molecule has 1 aromatic heterocycles. The molecule has 7 nitrogen and oxygen atoms in total. The Kier molecular flexibility index (Phi) is 6.91. The average molecular weight is 460 g/mol. The Bertz CT molecular complexity index is 1100. The van der Waals surface area contributed by atoms with Crippen molar-refractivity contribution in [3.63, 3.8) is 0 Å². The quantitative estimate of drug-likeness (QED) is 0.505. The molecule has 0 unspecified atom stereocenters. The number of nitrogens with zero attached hydrogens (tertiary/aromatic N) is 2. The molecule has 1 atom stereocenters. The summed E-state index contributed by atoms with van der Waals surface area (Å²) in [5.41, 5.74) is 3.10. The van der Waals surface area contributed by atoms with Crippen molar-refractivity contribution in [1.82, 2.24) is 15.2 Å². The highest BCUT2D eigenvalue weighted by atomic mass is 16.7. The number of carbonyl (C=O) groups is 1. The molecule has 5 rings (SSSR count). The highest BCUT2D eigenvalue weighted by molar-refractivity contribution is 5.94. The Balaban J connectivity index is 1.09. The van der Waals surface area contributed by atoms with Gasteiger partial charge in [-0.05, 0) is 66.9 Å². The average Bonchev–Trinajstić information content (AvgIpc) is 3.36. The minimum Gasteiger partial charge on any atom is -0.492 e. The van der Waals surface area contributed by atoms with Crippen molar-refractivity contribution in [1.29, 1.82) is 0 Å². The summed E-state index contributed by atoms with van der Waals surface area (Å²) in [6, 6.07) is 18.0. The van der Waals surface area contributed by atoms with Crippen molar-refractivity contribution >= 4 is 5.91 Å². The molecule has 0 saturated carbocycles. The molecule has 2 aromatic carbocycles. The fourth-order valence-electron chi connectivity index (χ4n) is 4.53. The Morgan fingerprint density at radius 3 is 2.82 bits per heavy atom. The maximum Gasteiger partial charge on any atom is 0.251 e. The van der Waals surface area contributed by atoms with Crippen molar-refractivity contribution < 1.29 is 19.0 Å². The number of hydrogen-bond donors (Lipinski definition) is 1. The smallest absolute Gasteiger partial charge is 0.251 e. The molecule has 1 N–H and O–H groups in total. The molecule has 0 aliphatic carbocycles. The van der Waals surface area contributed by atoms with Crippen molar-refractivity contribution in [2.75, 3.05) is 26.5 Å². The van der Waals surface area contributed by atoms with Gasteiger partial charge in [-0.2, -0.15) is 0 Å². The van der Waals surface area contributed by atoms with Crippen LogP contribution >= 0.6 is 0 Å². The summed E-state index contributed by atoms with van der Waals surface area (Å²) < 4.78 is 16.4. The van der Waals surface area contributed by atoms with Gasteiger partial charge in [0.2, 0.25) is 6.79 Å². The second kappa shape index (κ2) is 10.6. The molecular formula is C27H29N3O4. The number of piperidine rings is 1. The van der Waals surface area contributed by atoms with Gasteiger partial charge in [0.25, 0.3) is 5.91 Å². The van der Waals surface area contributed by atoms with Gasteiger partial charge in [0, 0.05) is 30.5 Å². The van der Waals surface area contributed by atoms with Crippen LogP contribution in [-0.4, -0.2) is 42.3 Å². The highest BCUT2D eigenvalue weighted by Crippen LogP contribution is 2.33. The molecule has 0 bridgehead atoms. The third-order valence-electron chi connectivity index (χ3n) is 6.28. The zero-order valence-corrected chi connectivity index (χ0v) is 19.1. The highest BCUT2D eigenvalue weighted by Gasteiger charge is 2.24. The second-order valence-electron chi connectivity index (χ2n) is 8.58. The van der Waals surface area contributed by atoms with Crippen molar-refractivity contribution in [2.24, 2.45) is 0 Å². The number of nitrogens with one attached hydrogen (secondary N) is 1. The van der Waals surface area contributed by atoms with Gasteiger partial charge < -0.3 is 19.5 Å². The summed E-state index contributed by atoms with van der Waals surface area (Å²) in [4.78, 5) is 19.2. The van der Waals surface area contributed by atoms with Crippen LogP contribution < -0.4 is 19.5 Å². The molecule has 2 aliphatic rings. The number of fused-ring (bicyclic) bond motifs is 1. The van der Waals surface area contributed by atoms with E-state index in [1.54, 1.807) is 18.2 Å². The van der Waals surface area contributed by atoms with E-state index >= 15 is 0 Å². The first-order valence-electron chi connectivity index (χ1n) is 11.8. The normalized spacial score (nSPS) is 17.4. The van der Waals surface area contributed by atoms with Crippen LogP contribution in [0.5, 0.6) is 17.2 Å². The third kappa shape index (κ3) is 5.31. The van der Waals surface area contributed by atoms with Crippen LogP contribution in [0, 0.1) is 0 Å². The van der Waals surface area contributed by atoms with E-state index < -0.39 is 0 Å². The van der Waals surface area contributed by atoms with Gasteiger partial charge in [0.1, 0.15) is 12.4 Å². The van der Waals surface area contributed by atoms with Gasteiger partial charge in [0.05, 0.1) is 6.54 Å². The van der Waals surface area contributed by atoms with Gasteiger partial charge in [-0.1, -0.05) is 24.6 Å². The molecule has 3 aromatic rings. The fourth-order valence-corrected chi connectivity index (χ4v) is 4.53. The van der Waals surface area contributed by atoms with E-state index in [0.29, 0.717) is 36.3 Å². The Hall–Kier alpha value is -3.58. The third-order valence-corrected chi connectivity index (χ3v) is 6.28.